The first kappa shape index (κ1) is 4.28. The van der Waals surface area contributed by atoms with Crippen LogP contribution in [0.25, 0.3) is 0 Å². The molecular weight excluding hydrogens is 90.1 g/mol. The predicted octanol–water partition coefficient (Wildman–Crippen LogP) is -0.328. The molecular formula is C4H4N3. The summed E-state index contributed by atoms with van der Waals surface area (Å²) < 4.78 is 0. The molecule has 0 bridgehead atoms. The highest BCUT2D eigenvalue weighted by atomic mass is 15.1. The maximum Gasteiger partial charge on any atom is 0.136 e. The lowest BCUT2D eigenvalue weighted by Gasteiger charge is -1.87. The standard InChI is InChI=1S/C4H4N3/c5-1-4-2-6-3-7-4/h2-4,7H. The van der Waals surface area contributed by atoms with Crippen molar-refractivity contribution in [3.05, 3.63) is 6.67 Å². The summed E-state index contributed by atoms with van der Waals surface area (Å²) in [6, 6.07) is 1.78. The second-order valence-electron chi connectivity index (χ2n) is 1.20. The number of nitrogens with zero attached hydrogens (tertiary/aromatic N) is 2. The minimum Gasteiger partial charge on any atom is -0.273 e. The van der Waals surface area contributed by atoms with Crippen molar-refractivity contribution in [2.24, 2.45) is 4.99 Å². The third-order valence-electron chi connectivity index (χ3n) is 0.703. The molecule has 0 aromatic heterocycles. The quantitative estimate of drug-likeness (QED) is 0.447. The molecule has 0 fully saturated rings. The van der Waals surface area contributed by atoms with Crippen molar-refractivity contribution in [3.63, 3.8) is 0 Å². The molecule has 1 aliphatic heterocycles. The first-order valence-electron chi connectivity index (χ1n) is 1.94. The van der Waals surface area contributed by atoms with E-state index in [1.54, 1.807) is 6.21 Å². The molecule has 0 aliphatic carbocycles. The SMILES string of the molecule is N#CC1C=N[CH]N1. The molecule has 0 spiro atoms. The van der Waals surface area contributed by atoms with Crippen LogP contribution in [0.1, 0.15) is 0 Å². The van der Waals surface area contributed by atoms with Gasteiger partial charge in [-0.1, -0.05) is 0 Å². The molecule has 0 amide bonds. The van der Waals surface area contributed by atoms with Gasteiger partial charge in [-0.05, 0) is 0 Å². The fraction of sp³-hybridized carbons (Fsp3) is 0.250. The molecule has 0 aromatic rings. The molecule has 35 valence electrons. The van der Waals surface area contributed by atoms with E-state index in [4.69, 9.17) is 5.26 Å². The fourth-order valence-electron chi connectivity index (χ4n) is 0.366. The van der Waals surface area contributed by atoms with Crippen LogP contribution in [-0.2, 0) is 0 Å². The van der Waals surface area contributed by atoms with Crippen molar-refractivity contribution in [3.8, 4) is 6.07 Å². The monoisotopic (exact) mass is 94.0 g/mol. The molecule has 0 aromatic carbocycles. The third kappa shape index (κ3) is 0.756. The Kier molecular flexibility index (Phi) is 1.05. The molecule has 1 unspecified atom stereocenters. The number of hydrogen-bond acceptors (Lipinski definition) is 3. The van der Waals surface area contributed by atoms with Crippen molar-refractivity contribution < 1.29 is 0 Å². The van der Waals surface area contributed by atoms with Gasteiger partial charge >= 0.3 is 0 Å². The topological polar surface area (TPSA) is 48.2 Å². The first-order chi connectivity index (χ1) is 3.43. The van der Waals surface area contributed by atoms with Gasteiger partial charge in [-0.15, -0.1) is 0 Å². The summed E-state index contributed by atoms with van der Waals surface area (Å²) in [7, 11) is 0. The van der Waals surface area contributed by atoms with Gasteiger partial charge < -0.3 is 0 Å². The summed E-state index contributed by atoms with van der Waals surface area (Å²) in [4.78, 5) is 3.65. The summed E-state index contributed by atoms with van der Waals surface area (Å²) in [5.41, 5.74) is 0. The van der Waals surface area contributed by atoms with Crippen LogP contribution in [0.5, 0.6) is 0 Å². The number of rotatable bonds is 0. The number of hydrogen-bond donors (Lipinski definition) is 1. The summed E-state index contributed by atoms with van der Waals surface area (Å²) in [5.74, 6) is 0. The van der Waals surface area contributed by atoms with Gasteiger partial charge in [0.1, 0.15) is 12.7 Å². The molecule has 0 saturated carbocycles. The number of aliphatic imine (C=N–C) groups is 1. The lowest BCUT2D eigenvalue weighted by atomic mass is 10.4. The Morgan fingerprint density at radius 3 is 3.00 bits per heavy atom. The van der Waals surface area contributed by atoms with Gasteiger partial charge in [-0.25, -0.2) is 0 Å². The number of nitriles is 1. The van der Waals surface area contributed by atoms with Gasteiger partial charge in [-0.2, -0.15) is 5.26 Å². The van der Waals surface area contributed by atoms with Crippen LogP contribution in [0.15, 0.2) is 4.99 Å². The Morgan fingerprint density at radius 2 is 2.71 bits per heavy atom. The highest BCUT2D eigenvalue weighted by Crippen LogP contribution is 1.87. The molecule has 3 heteroatoms. The van der Waals surface area contributed by atoms with E-state index in [1.807, 2.05) is 6.07 Å². The van der Waals surface area contributed by atoms with Crippen LogP contribution in [0.2, 0.25) is 0 Å². The smallest absolute Gasteiger partial charge is 0.136 e. The minimum absolute atomic E-state index is 0.194. The molecule has 1 N–H and O–H groups in total. The summed E-state index contributed by atoms with van der Waals surface area (Å²) in [6.45, 7) is 1.51. The van der Waals surface area contributed by atoms with E-state index in [0.717, 1.165) is 0 Å². The second kappa shape index (κ2) is 1.71. The maximum absolute atomic E-state index is 8.14. The van der Waals surface area contributed by atoms with Gasteiger partial charge in [0.25, 0.3) is 0 Å². The summed E-state index contributed by atoms with van der Waals surface area (Å²) >= 11 is 0. The van der Waals surface area contributed by atoms with E-state index >= 15 is 0 Å². The Hall–Kier alpha value is -0.880. The van der Waals surface area contributed by atoms with Crippen LogP contribution in [0.3, 0.4) is 0 Å². The highest BCUT2D eigenvalue weighted by molar-refractivity contribution is 5.70. The Bertz CT molecular complexity index is 121. The molecule has 1 aliphatic rings. The van der Waals surface area contributed by atoms with Crippen LogP contribution in [-0.4, -0.2) is 12.3 Å². The second-order valence-corrected chi connectivity index (χ2v) is 1.20. The first-order valence-corrected chi connectivity index (χ1v) is 1.94. The van der Waals surface area contributed by atoms with Crippen molar-refractivity contribution in [1.82, 2.24) is 5.32 Å². The highest BCUT2D eigenvalue weighted by Gasteiger charge is 2.05. The van der Waals surface area contributed by atoms with Crippen molar-refractivity contribution in [2.45, 2.75) is 6.04 Å². The fourth-order valence-corrected chi connectivity index (χ4v) is 0.366. The maximum atomic E-state index is 8.14. The van der Waals surface area contributed by atoms with Gasteiger partial charge in [-0.3, -0.25) is 10.3 Å². The molecule has 7 heavy (non-hydrogen) atoms. The molecule has 0 saturated heterocycles. The van der Waals surface area contributed by atoms with E-state index in [2.05, 4.69) is 10.3 Å². The van der Waals surface area contributed by atoms with Crippen LogP contribution in [0.4, 0.5) is 0 Å². The summed E-state index contributed by atoms with van der Waals surface area (Å²) in [6.07, 6.45) is 1.56. The molecule has 1 heterocycles. The zero-order valence-corrected chi connectivity index (χ0v) is 3.63. The zero-order valence-electron chi connectivity index (χ0n) is 3.63. The third-order valence-corrected chi connectivity index (χ3v) is 0.703. The van der Waals surface area contributed by atoms with Crippen molar-refractivity contribution in [1.29, 1.82) is 5.26 Å². The van der Waals surface area contributed by atoms with E-state index < -0.39 is 0 Å². The Morgan fingerprint density at radius 1 is 1.86 bits per heavy atom. The lowest BCUT2D eigenvalue weighted by Crippen LogP contribution is -2.19. The van der Waals surface area contributed by atoms with Gasteiger partial charge in [0.2, 0.25) is 0 Å². The van der Waals surface area contributed by atoms with E-state index in [0.29, 0.717) is 0 Å². The molecule has 3 nitrogen and oxygen atoms in total. The van der Waals surface area contributed by atoms with E-state index in [-0.39, 0.29) is 6.04 Å². The molecule has 1 atom stereocenters. The van der Waals surface area contributed by atoms with Crippen molar-refractivity contribution >= 4 is 6.21 Å². The average Bonchev–Trinajstić information content (AvgIpc) is 2.14. The lowest BCUT2D eigenvalue weighted by molar-refractivity contribution is 0.868. The van der Waals surface area contributed by atoms with E-state index in [1.165, 1.54) is 6.67 Å². The number of nitrogens with one attached hydrogen (secondary N) is 1. The molecule has 1 radical (unpaired) electrons. The van der Waals surface area contributed by atoms with E-state index in [9.17, 15) is 0 Å². The van der Waals surface area contributed by atoms with Crippen molar-refractivity contribution in [2.75, 3.05) is 0 Å². The summed E-state index contributed by atoms with van der Waals surface area (Å²) in [5, 5.41) is 10.8. The van der Waals surface area contributed by atoms with Crippen LogP contribution < -0.4 is 5.32 Å². The van der Waals surface area contributed by atoms with Gasteiger partial charge in [0, 0.05) is 6.21 Å². The normalized spacial score (nSPS) is 27.6. The Labute approximate surface area is 41.7 Å². The minimum atomic E-state index is -0.194. The zero-order chi connectivity index (χ0) is 5.11. The van der Waals surface area contributed by atoms with Gasteiger partial charge in [0.05, 0.1) is 6.07 Å². The van der Waals surface area contributed by atoms with Crippen LogP contribution in [0, 0.1) is 18.0 Å². The average molecular weight is 94.1 g/mol. The predicted molar refractivity (Wildman–Crippen MR) is 25.3 cm³/mol. The largest absolute Gasteiger partial charge is 0.273 e. The van der Waals surface area contributed by atoms with Gasteiger partial charge in [0.15, 0.2) is 0 Å². The Balaban J connectivity index is 2.47. The molecule has 1 rings (SSSR count). The van der Waals surface area contributed by atoms with Crippen LogP contribution >= 0.6 is 0 Å².